The van der Waals surface area contributed by atoms with E-state index in [9.17, 15) is 4.79 Å². The van der Waals surface area contributed by atoms with Gasteiger partial charge in [0.1, 0.15) is 0 Å². The summed E-state index contributed by atoms with van der Waals surface area (Å²) in [4.78, 5) is 28.6. The number of ketones is 1. The highest BCUT2D eigenvalue weighted by atomic mass is 16.1. The molecule has 2 aliphatic rings. The molecule has 4 N–H and O–H groups in total. The molecule has 2 aliphatic carbocycles. The molecule has 7 nitrogen and oxygen atoms in total. The Hall–Kier alpha value is -5.43. The number of para-hydroxylation sites is 1. The van der Waals surface area contributed by atoms with Gasteiger partial charge in [0.05, 0.1) is 28.3 Å². The van der Waals surface area contributed by atoms with Crippen molar-refractivity contribution >= 4 is 28.5 Å². The zero-order valence-electron chi connectivity index (χ0n) is 32.9. The van der Waals surface area contributed by atoms with Gasteiger partial charge in [-0.15, -0.1) is 0 Å². The van der Waals surface area contributed by atoms with Crippen LogP contribution in [0.2, 0.25) is 0 Å². The highest BCUT2D eigenvalue weighted by molar-refractivity contribution is 6.07. The molecule has 4 aromatic heterocycles. The van der Waals surface area contributed by atoms with E-state index in [-0.39, 0.29) is 11.2 Å². The largest absolute Gasteiger partial charge is 0.356 e. The Bertz CT molecular complexity index is 2240. The van der Waals surface area contributed by atoms with Crippen molar-refractivity contribution in [2.75, 3.05) is 10.6 Å². The summed E-state index contributed by atoms with van der Waals surface area (Å²) >= 11 is 0. The zero-order chi connectivity index (χ0) is 38.0. The molecule has 2 aromatic carbocycles. The fourth-order valence-electron chi connectivity index (χ4n) is 8.04. The number of pyridine rings is 2. The number of aromatic nitrogens is 4. The number of aromatic amines is 2. The van der Waals surface area contributed by atoms with Crippen molar-refractivity contribution in [3.63, 3.8) is 0 Å². The van der Waals surface area contributed by atoms with Crippen molar-refractivity contribution in [1.29, 1.82) is 0 Å². The molecular formula is C47H54N6O. The van der Waals surface area contributed by atoms with Crippen LogP contribution in [0.15, 0.2) is 97.6 Å². The summed E-state index contributed by atoms with van der Waals surface area (Å²) in [6.45, 7) is 15.7. The number of carbonyl (C=O) groups excluding carboxylic acids is 1. The van der Waals surface area contributed by atoms with Gasteiger partial charge in [-0.25, -0.2) is 0 Å². The number of aryl methyl sites for hydroxylation is 1. The van der Waals surface area contributed by atoms with Crippen LogP contribution in [0.25, 0.3) is 22.5 Å². The standard InChI is InChI=1S/C24H29N3.C23H25N3O/c1-16(2)18-6-5-7-19(14-18)26-23-20-8-11-24(3,4)15-21(20)27-22(23)17-9-12-25-13-10-17;1-4-15-7-5-6-8-17(15)25-22-20-18(13-23(2,3)14-19(20)27)26-21(22)16-9-11-24-12-10-16/h5-7,9-10,12-14,16,26-27H,8,11,15H2,1-4H3;5-12,25-26H,4,13-14H2,1-3H3. The molecule has 0 bridgehead atoms. The first-order valence-corrected chi connectivity index (χ1v) is 19.5. The normalized spacial score (nSPS) is 15.5. The number of carbonyl (C=O) groups is 1. The zero-order valence-corrected chi connectivity index (χ0v) is 32.9. The minimum atomic E-state index is -0.0248. The van der Waals surface area contributed by atoms with Gasteiger partial charge in [0.25, 0.3) is 0 Å². The molecule has 0 fully saturated rings. The van der Waals surface area contributed by atoms with Crippen molar-refractivity contribution in [3.8, 4) is 22.5 Å². The van der Waals surface area contributed by atoms with Crippen LogP contribution in [-0.4, -0.2) is 25.7 Å². The maximum atomic E-state index is 13.0. The maximum absolute atomic E-state index is 13.0. The van der Waals surface area contributed by atoms with E-state index in [2.05, 4.69) is 128 Å². The van der Waals surface area contributed by atoms with Gasteiger partial charge in [-0.05, 0) is 108 Å². The number of hydrogen-bond acceptors (Lipinski definition) is 5. The van der Waals surface area contributed by atoms with E-state index in [1.54, 1.807) is 12.4 Å². The van der Waals surface area contributed by atoms with Gasteiger partial charge in [-0.2, -0.15) is 0 Å². The van der Waals surface area contributed by atoms with E-state index in [0.29, 0.717) is 17.8 Å². The Morgan fingerprint density at radius 1 is 0.722 bits per heavy atom. The summed E-state index contributed by atoms with van der Waals surface area (Å²) in [6, 6.07) is 25.2. The number of fused-ring (bicyclic) bond motifs is 2. The second-order valence-electron chi connectivity index (χ2n) is 16.9. The Morgan fingerprint density at radius 2 is 1.35 bits per heavy atom. The molecule has 0 saturated heterocycles. The molecule has 0 amide bonds. The van der Waals surface area contributed by atoms with Gasteiger partial charge in [0.2, 0.25) is 0 Å². The summed E-state index contributed by atoms with van der Waals surface area (Å²) in [5, 5.41) is 7.33. The average molecular weight is 719 g/mol. The van der Waals surface area contributed by atoms with Crippen LogP contribution in [0.5, 0.6) is 0 Å². The smallest absolute Gasteiger partial charge is 0.167 e. The Kier molecular flexibility index (Phi) is 10.3. The van der Waals surface area contributed by atoms with Crippen molar-refractivity contribution in [3.05, 3.63) is 131 Å². The summed E-state index contributed by atoms with van der Waals surface area (Å²) in [5.74, 6) is 0.724. The van der Waals surface area contributed by atoms with E-state index < -0.39 is 0 Å². The molecule has 0 saturated carbocycles. The lowest BCUT2D eigenvalue weighted by molar-refractivity contribution is 0.0912. The predicted molar refractivity (Wildman–Crippen MR) is 223 cm³/mol. The molecular weight excluding hydrogens is 665 g/mol. The number of H-pyrrole nitrogens is 2. The fraction of sp³-hybridized carbons (Fsp3) is 0.340. The van der Waals surface area contributed by atoms with E-state index in [4.69, 9.17) is 0 Å². The van der Waals surface area contributed by atoms with Gasteiger partial charge in [-0.3, -0.25) is 14.8 Å². The third-order valence-electron chi connectivity index (χ3n) is 11.0. The van der Waals surface area contributed by atoms with Crippen molar-refractivity contribution in [2.45, 2.75) is 92.9 Å². The van der Waals surface area contributed by atoms with E-state index in [0.717, 1.165) is 65.3 Å². The van der Waals surface area contributed by atoms with Gasteiger partial charge in [0.15, 0.2) is 5.78 Å². The van der Waals surface area contributed by atoms with Gasteiger partial charge in [0, 0.05) is 65.1 Å². The minimum Gasteiger partial charge on any atom is -0.356 e. The van der Waals surface area contributed by atoms with E-state index in [1.807, 2.05) is 36.7 Å². The van der Waals surface area contributed by atoms with E-state index >= 15 is 0 Å². The SMILES string of the molecule is CC(C)c1cccc(Nc2c(-c3ccncc3)[nH]c3c2CCC(C)(C)C3)c1.CCc1ccccc1Nc1c(-c2ccncc2)[nH]c2c1C(=O)CC(C)(C)C2. The number of anilines is 4. The van der Waals surface area contributed by atoms with Crippen LogP contribution in [0.4, 0.5) is 22.7 Å². The topological polar surface area (TPSA) is 98.5 Å². The molecule has 6 aromatic rings. The lowest BCUT2D eigenvalue weighted by Gasteiger charge is -2.29. The third kappa shape index (κ3) is 7.91. The van der Waals surface area contributed by atoms with Crippen LogP contribution < -0.4 is 10.6 Å². The van der Waals surface area contributed by atoms with Crippen molar-refractivity contribution in [1.82, 2.24) is 19.9 Å². The highest BCUT2D eigenvalue weighted by Crippen LogP contribution is 2.45. The van der Waals surface area contributed by atoms with Crippen molar-refractivity contribution < 1.29 is 4.79 Å². The molecule has 0 aliphatic heterocycles. The van der Waals surface area contributed by atoms with Gasteiger partial charge in [-0.1, -0.05) is 78.8 Å². The number of nitrogens with one attached hydrogen (secondary N) is 4. The first kappa shape index (κ1) is 36.9. The van der Waals surface area contributed by atoms with Crippen LogP contribution in [-0.2, 0) is 25.7 Å². The minimum absolute atomic E-state index is 0.0248. The van der Waals surface area contributed by atoms with Crippen molar-refractivity contribution in [2.24, 2.45) is 10.8 Å². The second-order valence-corrected chi connectivity index (χ2v) is 16.9. The average Bonchev–Trinajstić information content (AvgIpc) is 3.69. The molecule has 54 heavy (non-hydrogen) atoms. The Balaban J connectivity index is 0.000000167. The number of rotatable bonds is 8. The molecule has 0 spiro atoms. The summed E-state index contributed by atoms with van der Waals surface area (Å²) < 4.78 is 0. The molecule has 7 heteroatoms. The Labute approximate surface area is 320 Å². The summed E-state index contributed by atoms with van der Waals surface area (Å²) in [7, 11) is 0. The fourth-order valence-corrected chi connectivity index (χ4v) is 8.04. The summed E-state index contributed by atoms with van der Waals surface area (Å²) in [6.07, 6.45) is 13.1. The van der Waals surface area contributed by atoms with E-state index in [1.165, 1.54) is 45.7 Å². The van der Waals surface area contributed by atoms with Gasteiger partial charge < -0.3 is 20.6 Å². The third-order valence-corrected chi connectivity index (χ3v) is 11.0. The quantitative estimate of drug-likeness (QED) is 0.126. The molecule has 8 rings (SSSR count). The number of benzene rings is 2. The van der Waals surface area contributed by atoms with Gasteiger partial charge >= 0.3 is 0 Å². The number of hydrogen-bond donors (Lipinski definition) is 4. The van der Waals surface area contributed by atoms with Crippen LogP contribution in [0.3, 0.4) is 0 Å². The lowest BCUT2D eigenvalue weighted by Crippen LogP contribution is -2.26. The molecule has 0 radical (unpaired) electrons. The number of Topliss-reactive ketones (excluding diaryl/α,β-unsaturated/α-hetero) is 1. The first-order valence-electron chi connectivity index (χ1n) is 19.5. The van der Waals surface area contributed by atoms with Crippen LogP contribution in [0, 0.1) is 10.8 Å². The molecule has 0 atom stereocenters. The highest BCUT2D eigenvalue weighted by Gasteiger charge is 2.36. The monoisotopic (exact) mass is 718 g/mol. The van der Waals surface area contributed by atoms with Crippen LogP contribution in [0.1, 0.15) is 106 Å². The predicted octanol–water partition coefficient (Wildman–Crippen LogP) is 12.0. The maximum Gasteiger partial charge on any atom is 0.167 e. The molecule has 4 heterocycles. The lowest BCUT2D eigenvalue weighted by atomic mass is 9.76. The molecule has 278 valence electrons. The number of nitrogens with zero attached hydrogens (tertiary/aromatic N) is 2. The molecule has 0 unspecified atom stereocenters. The first-order chi connectivity index (χ1) is 25.9. The Morgan fingerprint density at radius 3 is 2.02 bits per heavy atom. The second kappa shape index (κ2) is 15.1. The summed E-state index contributed by atoms with van der Waals surface area (Å²) in [5.41, 5.74) is 16.2. The van der Waals surface area contributed by atoms with Crippen LogP contribution >= 0.6 is 0 Å².